The fourth-order valence-electron chi connectivity index (χ4n) is 3.02. The van der Waals surface area contributed by atoms with Crippen LogP contribution < -0.4 is 5.32 Å². The van der Waals surface area contributed by atoms with Crippen LogP contribution in [0.15, 0.2) is 30.3 Å². The molecule has 1 heteroatoms. The molecule has 1 N–H and O–H groups in total. The monoisotopic (exact) mass is 245 g/mol. The van der Waals surface area contributed by atoms with E-state index in [1.165, 1.54) is 37.7 Å². The number of rotatable bonds is 3. The van der Waals surface area contributed by atoms with Crippen molar-refractivity contribution in [3.05, 3.63) is 35.9 Å². The van der Waals surface area contributed by atoms with Gasteiger partial charge in [0.05, 0.1) is 0 Å². The zero-order chi connectivity index (χ0) is 13.0. The summed E-state index contributed by atoms with van der Waals surface area (Å²) in [5, 5.41) is 3.81. The van der Waals surface area contributed by atoms with Gasteiger partial charge in [-0.2, -0.15) is 0 Å². The molecule has 1 unspecified atom stereocenters. The lowest BCUT2D eigenvalue weighted by Crippen LogP contribution is -2.31. The SMILES string of the molecule is C[C@H](NC1CCCC(C)(C)CC1)c1ccccc1. The Bertz CT molecular complexity index is 355. The van der Waals surface area contributed by atoms with Gasteiger partial charge in [-0.25, -0.2) is 0 Å². The molecule has 0 amide bonds. The van der Waals surface area contributed by atoms with Gasteiger partial charge in [0, 0.05) is 12.1 Å². The van der Waals surface area contributed by atoms with Crippen LogP contribution in [-0.2, 0) is 0 Å². The third-order valence-electron chi connectivity index (χ3n) is 4.36. The lowest BCUT2D eigenvalue weighted by Gasteiger charge is -2.24. The molecular formula is C17H27N. The van der Waals surface area contributed by atoms with E-state index >= 15 is 0 Å². The van der Waals surface area contributed by atoms with Crippen LogP contribution in [0, 0.1) is 5.41 Å². The largest absolute Gasteiger partial charge is 0.307 e. The highest BCUT2D eigenvalue weighted by Crippen LogP contribution is 2.34. The molecule has 0 saturated heterocycles. The molecule has 1 aliphatic rings. The maximum atomic E-state index is 3.81. The molecule has 18 heavy (non-hydrogen) atoms. The summed E-state index contributed by atoms with van der Waals surface area (Å²) < 4.78 is 0. The minimum atomic E-state index is 0.470. The van der Waals surface area contributed by atoms with E-state index in [0.29, 0.717) is 17.5 Å². The topological polar surface area (TPSA) is 12.0 Å². The van der Waals surface area contributed by atoms with Crippen LogP contribution in [0.4, 0.5) is 0 Å². The standard InChI is InChI=1S/C17H27N/c1-14(15-8-5-4-6-9-15)18-16-10-7-12-17(2,3)13-11-16/h4-6,8-9,14,16,18H,7,10-13H2,1-3H3/t14-,16?/m0/s1. The molecule has 0 aromatic heterocycles. The summed E-state index contributed by atoms with van der Waals surface area (Å²) in [5.74, 6) is 0. The third-order valence-corrected chi connectivity index (χ3v) is 4.36. The second-order valence-corrected chi connectivity index (χ2v) is 6.59. The van der Waals surface area contributed by atoms with Gasteiger partial charge < -0.3 is 5.32 Å². The van der Waals surface area contributed by atoms with Crippen molar-refractivity contribution < 1.29 is 0 Å². The molecule has 1 aliphatic carbocycles. The van der Waals surface area contributed by atoms with Crippen molar-refractivity contribution in [2.75, 3.05) is 0 Å². The van der Waals surface area contributed by atoms with Gasteiger partial charge in [-0.05, 0) is 43.6 Å². The Morgan fingerprint density at radius 1 is 1.11 bits per heavy atom. The normalized spacial score (nSPS) is 25.4. The van der Waals surface area contributed by atoms with E-state index in [1.807, 2.05) is 0 Å². The lowest BCUT2D eigenvalue weighted by atomic mass is 9.85. The van der Waals surface area contributed by atoms with Gasteiger partial charge in [0.2, 0.25) is 0 Å². The van der Waals surface area contributed by atoms with Gasteiger partial charge in [-0.15, -0.1) is 0 Å². The first-order chi connectivity index (χ1) is 8.57. The summed E-state index contributed by atoms with van der Waals surface area (Å²) in [6.45, 7) is 7.11. The second-order valence-electron chi connectivity index (χ2n) is 6.59. The fourth-order valence-corrected chi connectivity index (χ4v) is 3.02. The molecule has 1 aromatic rings. The predicted molar refractivity (Wildman–Crippen MR) is 78.6 cm³/mol. The highest BCUT2D eigenvalue weighted by molar-refractivity contribution is 5.18. The average molecular weight is 245 g/mol. The van der Waals surface area contributed by atoms with Crippen molar-refractivity contribution in [3.63, 3.8) is 0 Å². The highest BCUT2D eigenvalue weighted by atomic mass is 14.9. The predicted octanol–water partition coefficient (Wildman–Crippen LogP) is 4.70. The zero-order valence-corrected chi connectivity index (χ0v) is 12.1. The highest BCUT2D eigenvalue weighted by Gasteiger charge is 2.24. The molecule has 0 bridgehead atoms. The molecule has 0 heterocycles. The number of benzene rings is 1. The van der Waals surface area contributed by atoms with Crippen molar-refractivity contribution >= 4 is 0 Å². The maximum absolute atomic E-state index is 3.81. The molecule has 1 fully saturated rings. The van der Waals surface area contributed by atoms with Gasteiger partial charge in [-0.1, -0.05) is 50.6 Å². The molecule has 2 rings (SSSR count). The number of hydrogen-bond donors (Lipinski definition) is 1. The molecule has 1 aromatic carbocycles. The first kappa shape index (κ1) is 13.6. The van der Waals surface area contributed by atoms with Crippen LogP contribution in [-0.4, -0.2) is 6.04 Å². The summed E-state index contributed by atoms with van der Waals surface area (Å²) in [5.41, 5.74) is 1.95. The summed E-state index contributed by atoms with van der Waals surface area (Å²) in [6.07, 6.45) is 6.76. The fraction of sp³-hybridized carbons (Fsp3) is 0.647. The Kier molecular flexibility index (Phi) is 4.45. The number of hydrogen-bond acceptors (Lipinski definition) is 1. The molecule has 0 aliphatic heterocycles. The second kappa shape index (κ2) is 5.88. The Morgan fingerprint density at radius 3 is 2.56 bits per heavy atom. The first-order valence-electron chi connectivity index (χ1n) is 7.38. The van der Waals surface area contributed by atoms with E-state index in [9.17, 15) is 0 Å². The van der Waals surface area contributed by atoms with E-state index in [2.05, 4.69) is 56.4 Å². The summed E-state index contributed by atoms with van der Waals surface area (Å²) >= 11 is 0. The maximum Gasteiger partial charge on any atom is 0.0294 e. The molecule has 0 radical (unpaired) electrons. The van der Waals surface area contributed by atoms with Crippen LogP contribution >= 0.6 is 0 Å². The van der Waals surface area contributed by atoms with E-state index in [-0.39, 0.29) is 0 Å². The van der Waals surface area contributed by atoms with E-state index in [0.717, 1.165) is 0 Å². The van der Waals surface area contributed by atoms with Gasteiger partial charge in [0.1, 0.15) is 0 Å². The minimum absolute atomic E-state index is 0.470. The first-order valence-corrected chi connectivity index (χ1v) is 7.38. The van der Waals surface area contributed by atoms with Gasteiger partial charge in [-0.3, -0.25) is 0 Å². The molecule has 0 spiro atoms. The smallest absolute Gasteiger partial charge is 0.0294 e. The molecule has 1 saturated carbocycles. The summed E-state index contributed by atoms with van der Waals surface area (Å²) in [7, 11) is 0. The van der Waals surface area contributed by atoms with E-state index < -0.39 is 0 Å². The van der Waals surface area contributed by atoms with Crippen molar-refractivity contribution in [1.29, 1.82) is 0 Å². The van der Waals surface area contributed by atoms with Crippen LogP contribution in [0.1, 0.15) is 64.5 Å². The van der Waals surface area contributed by atoms with Crippen molar-refractivity contribution in [1.82, 2.24) is 5.32 Å². The van der Waals surface area contributed by atoms with Crippen LogP contribution in [0.3, 0.4) is 0 Å². The van der Waals surface area contributed by atoms with E-state index in [4.69, 9.17) is 0 Å². The molecular weight excluding hydrogens is 218 g/mol. The van der Waals surface area contributed by atoms with Crippen LogP contribution in [0.25, 0.3) is 0 Å². The van der Waals surface area contributed by atoms with Crippen molar-refractivity contribution in [2.45, 2.75) is 65.0 Å². The lowest BCUT2D eigenvalue weighted by molar-refractivity contribution is 0.307. The molecule has 1 nitrogen and oxygen atoms in total. The van der Waals surface area contributed by atoms with Gasteiger partial charge in [0.15, 0.2) is 0 Å². The van der Waals surface area contributed by atoms with E-state index in [1.54, 1.807) is 0 Å². The van der Waals surface area contributed by atoms with Crippen LogP contribution in [0.2, 0.25) is 0 Å². The van der Waals surface area contributed by atoms with Crippen molar-refractivity contribution in [3.8, 4) is 0 Å². The van der Waals surface area contributed by atoms with Gasteiger partial charge in [0.25, 0.3) is 0 Å². The average Bonchev–Trinajstić information content (AvgIpc) is 2.52. The molecule has 100 valence electrons. The van der Waals surface area contributed by atoms with Gasteiger partial charge >= 0.3 is 0 Å². The third kappa shape index (κ3) is 3.84. The molecule has 2 atom stereocenters. The zero-order valence-electron chi connectivity index (χ0n) is 12.1. The minimum Gasteiger partial charge on any atom is -0.307 e. The quantitative estimate of drug-likeness (QED) is 0.761. The Balaban J connectivity index is 1.90. The summed E-state index contributed by atoms with van der Waals surface area (Å²) in [4.78, 5) is 0. The summed E-state index contributed by atoms with van der Waals surface area (Å²) in [6, 6.07) is 12.0. The number of nitrogens with one attached hydrogen (secondary N) is 1. The Labute approximate surface area is 112 Å². The van der Waals surface area contributed by atoms with Crippen LogP contribution in [0.5, 0.6) is 0 Å². The Hall–Kier alpha value is -0.820. The Morgan fingerprint density at radius 2 is 1.83 bits per heavy atom. The van der Waals surface area contributed by atoms with Crippen molar-refractivity contribution in [2.24, 2.45) is 5.41 Å².